The van der Waals surface area contributed by atoms with E-state index in [-0.39, 0.29) is 24.0 Å². The van der Waals surface area contributed by atoms with Crippen molar-refractivity contribution in [3.8, 4) is 0 Å². The normalized spacial score (nSPS) is 11.7. The van der Waals surface area contributed by atoms with Gasteiger partial charge in [0.1, 0.15) is 5.01 Å². The van der Waals surface area contributed by atoms with Crippen molar-refractivity contribution in [2.75, 3.05) is 26.7 Å². The maximum atomic E-state index is 4.53. The number of thiazole rings is 1. The summed E-state index contributed by atoms with van der Waals surface area (Å²) < 4.78 is 0. The fourth-order valence-electron chi connectivity index (χ4n) is 2.09. The van der Waals surface area contributed by atoms with Crippen LogP contribution in [0.2, 0.25) is 0 Å². The first-order chi connectivity index (χ1) is 9.97. The number of hydrogen-bond acceptors (Lipinski definition) is 4. The number of rotatable bonds is 7. The Kier molecular flexibility index (Phi) is 11.0. The minimum absolute atomic E-state index is 0. The zero-order valence-corrected chi connectivity index (χ0v) is 17.7. The Labute approximate surface area is 156 Å². The van der Waals surface area contributed by atoms with E-state index in [1.165, 1.54) is 4.88 Å². The first kappa shape index (κ1) is 21.6. The van der Waals surface area contributed by atoms with E-state index in [9.17, 15) is 0 Å². The van der Waals surface area contributed by atoms with Gasteiger partial charge in [0.25, 0.3) is 0 Å². The molecule has 0 atom stereocenters. The van der Waals surface area contributed by atoms with Gasteiger partial charge in [-0.05, 0) is 34.2 Å². The van der Waals surface area contributed by atoms with Crippen molar-refractivity contribution in [2.24, 2.45) is 4.99 Å². The van der Waals surface area contributed by atoms with Crippen LogP contribution in [-0.2, 0) is 6.54 Å². The molecule has 0 amide bonds. The highest BCUT2D eigenvalue weighted by atomic mass is 127. The third-order valence-corrected chi connectivity index (χ3v) is 4.60. The van der Waals surface area contributed by atoms with E-state index in [0.29, 0.717) is 6.04 Å². The molecule has 0 aliphatic carbocycles. The van der Waals surface area contributed by atoms with E-state index < -0.39 is 0 Å². The molecule has 0 radical (unpaired) electrons. The minimum atomic E-state index is 0. The van der Waals surface area contributed by atoms with Crippen LogP contribution >= 0.6 is 35.3 Å². The van der Waals surface area contributed by atoms with Gasteiger partial charge < -0.3 is 10.6 Å². The van der Waals surface area contributed by atoms with Gasteiger partial charge in [0.05, 0.1) is 12.2 Å². The van der Waals surface area contributed by atoms with Gasteiger partial charge in [-0.2, -0.15) is 0 Å². The van der Waals surface area contributed by atoms with Gasteiger partial charge in [-0.25, -0.2) is 4.98 Å². The predicted molar refractivity (Wildman–Crippen MR) is 108 cm³/mol. The Morgan fingerprint density at radius 3 is 2.45 bits per heavy atom. The molecule has 1 aromatic heterocycles. The molecule has 1 heterocycles. The van der Waals surface area contributed by atoms with E-state index in [1.807, 2.05) is 6.92 Å². The second-order valence-electron chi connectivity index (χ2n) is 5.32. The van der Waals surface area contributed by atoms with Crippen LogP contribution in [-0.4, -0.2) is 48.6 Å². The summed E-state index contributed by atoms with van der Waals surface area (Å²) in [5.41, 5.74) is 1.12. The lowest BCUT2D eigenvalue weighted by Gasteiger charge is -2.25. The van der Waals surface area contributed by atoms with E-state index in [1.54, 1.807) is 18.4 Å². The molecule has 0 aromatic carbocycles. The molecule has 2 N–H and O–H groups in total. The van der Waals surface area contributed by atoms with Crippen LogP contribution in [0, 0.1) is 13.8 Å². The van der Waals surface area contributed by atoms with Crippen molar-refractivity contribution < 1.29 is 0 Å². The molecule has 0 aliphatic rings. The smallest absolute Gasteiger partial charge is 0.191 e. The minimum Gasteiger partial charge on any atom is -0.355 e. The van der Waals surface area contributed by atoms with Crippen LogP contribution < -0.4 is 10.6 Å². The van der Waals surface area contributed by atoms with E-state index in [0.717, 1.165) is 42.8 Å². The maximum absolute atomic E-state index is 4.53. The molecule has 128 valence electrons. The number of aliphatic imine (C=N–C) groups is 1. The molecule has 0 fully saturated rings. The number of nitrogens with one attached hydrogen (secondary N) is 2. The topological polar surface area (TPSA) is 52.5 Å². The van der Waals surface area contributed by atoms with Gasteiger partial charge in [-0.3, -0.25) is 9.89 Å². The molecule has 7 heteroatoms. The second kappa shape index (κ2) is 11.2. The number of nitrogens with zero attached hydrogens (tertiary/aromatic N) is 3. The van der Waals surface area contributed by atoms with Crippen molar-refractivity contribution >= 4 is 41.3 Å². The molecular formula is C15H30IN5S. The Morgan fingerprint density at radius 2 is 2.00 bits per heavy atom. The predicted octanol–water partition coefficient (Wildman–Crippen LogP) is 2.77. The molecule has 0 saturated carbocycles. The van der Waals surface area contributed by atoms with Gasteiger partial charge in [0.2, 0.25) is 0 Å². The number of guanidine groups is 1. The van der Waals surface area contributed by atoms with Crippen molar-refractivity contribution in [1.82, 2.24) is 20.5 Å². The molecule has 0 aliphatic heterocycles. The summed E-state index contributed by atoms with van der Waals surface area (Å²) in [6.07, 6.45) is 0. The fourth-order valence-corrected chi connectivity index (χ4v) is 2.97. The Bertz CT molecular complexity index is 439. The second-order valence-corrected chi connectivity index (χ2v) is 6.61. The monoisotopic (exact) mass is 439 g/mol. The zero-order valence-electron chi connectivity index (χ0n) is 14.6. The van der Waals surface area contributed by atoms with Crippen molar-refractivity contribution in [3.63, 3.8) is 0 Å². The lowest BCUT2D eigenvalue weighted by atomic mass is 10.3. The molecule has 1 aromatic rings. The van der Waals surface area contributed by atoms with Crippen LogP contribution in [0.15, 0.2) is 4.99 Å². The first-order valence-electron chi connectivity index (χ1n) is 7.59. The molecule has 0 saturated heterocycles. The van der Waals surface area contributed by atoms with Gasteiger partial charge in [-0.15, -0.1) is 35.3 Å². The highest BCUT2D eigenvalue weighted by Crippen LogP contribution is 2.15. The van der Waals surface area contributed by atoms with E-state index >= 15 is 0 Å². The zero-order chi connectivity index (χ0) is 15.8. The molecule has 1 rings (SSSR count). The molecule has 0 spiro atoms. The van der Waals surface area contributed by atoms with E-state index in [4.69, 9.17) is 0 Å². The molecule has 0 bridgehead atoms. The van der Waals surface area contributed by atoms with Gasteiger partial charge in [0.15, 0.2) is 5.96 Å². The number of aromatic nitrogens is 1. The lowest BCUT2D eigenvalue weighted by Crippen LogP contribution is -2.42. The summed E-state index contributed by atoms with van der Waals surface area (Å²) in [6.45, 7) is 14.5. The van der Waals surface area contributed by atoms with Crippen LogP contribution in [0.25, 0.3) is 0 Å². The van der Waals surface area contributed by atoms with Gasteiger partial charge in [0, 0.05) is 31.1 Å². The fraction of sp³-hybridized carbons (Fsp3) is 0.733. The summed E-state index contributed by atoms with van der Waals surface area (Å²) in [6, 6.07) is 0.577. The van der Waals surface area contributed by atoms with Crippen molar-refractivity contribution in [1.29, 1.82) is 0 Å². The van der Waals surface area contributed by atoms with Crippen LogP contribution in [0.1, 0.15) is 36.3 Å². The summed E-state index contributed by atoms with van der Waals surface area (Å²) in [5, 5.41) is 7.77. The molecule has 0 unspecified atom stereocenters. The molecular weight excluding hydrogens is 409 g/mol. The number of hydrogen-bond donors (Lipinski definition) is 2. The quantitative estimate of drug-likeness (QED) is 0.390. The summed E-state index contributed by atoms with van der Waals surface area (Å²) in [7, 11) is 1.80. The Balaban J connectivity index is 0.00000441. The number of aryl methyl sites for hydroxylation is 2. The van der Waals surface area contributed by atoms with Gasteiger partial charge in [-0.1, -0.05) is 6.92 Å². The largest absolute Gasteiger partial charge is 0.355 e. The summed E-state index contributed by atoms with van der Waals surface area (Å²) >= 11 is 1.74. The summed E-state index contributed by atoms with van der Waals surface area (Å²) in [5.74, 6) is 0.834. The first-order valence-corrected chi connectivity index (χ1v) is 8.41. The maximum Gasteiger partial charge on any atom is 0.191 e. The summed E-state index contributed by atoms with van der Waals surface area (Å²) in [4.78, 5) is 12.5. The van der Waals surface area contributed by atoms with Gasteiger partial charge >= 0.3 is 0 Å². The Hall–Kier alpha value is -0.410. The third kappa shape index (κ3) is 7.23. The highest BCUT2D eigenvalue weighted by molar-refractivity contribution is 14.0. The average Bonchev–Trinajstić information content (AvgIpc) is 2.76. The Morgan fingerprint density at radius 1 is 1.32 bits per heavy atom. The lowest BCUT2D eigenvalue weighted by molar-refractivity contribution is 0.237. The SMILES string of the molecule is CCN(CCNC(=NC)NCc1nc(C)c(C)s1)C(C)C.I. The van der Waals surface area contributed by atoms with Crippen LogP contribution in [0.4, 0.5) is 0 Å². The third-order valence-electron chi connectivity index (χ3n) is 3.53. The number of likely N-dealkylation sites (N-methyl/N-ethyl adjacent to an activating group) is 1. The molecule has 22 heavy (non-hydrogen) atoms. The van der Waals surface area contributed by atoms with E-state index in [2.05, 4.69) is 53.2 Å². The van der Waals surface area contributed by atoms with Crippen LogP contribution in [0.5, 0.6) is 0 Å². The highest BCUT2D eigenvalue weighted by Gasteiger charge is 2.07. The average molecular weight is 439 g/mol. The standard InChI is InChI=1S/C15H29N5S.HI/c1-7-20(11(2)3)9-8-17-15(16-6)18-10-14-19-12(4)13(5)21-14;/h11H,7-10H2,1-6H3,(H2,16,17,18);1H. The van der Waals surface area contributed by atoms with Crippen molar-refractivity contribution in [3.05, 3.63) is 15.6 Å². The molecule has 5 nitrogen and oxygen atoms in total. The number of halogens is 1. The van der Waals surface area contributed by atoms with Crippen molar-refractivity contribution in [2.45, 2.75) is 47.2 Å². The van der Waals surface area contributed by atoms with Crippen LogP contribution in [0.3, 0.4) is 0 Å².